The summed E-state index contributed by atoms with van der Waals surface area (Å²) < 4.78 is 0. The normalized spacial score (nSPS) is 12.2. The van der Waals surface area contributed by atoms with Gasteiger partial charge in [-0.3, -0.25) is 4.79 Å². The molecular weight excluding hydrogens is 305 g/mol. The van der Waals surface area contributed by atoms with E-state index < -0.39 is 0 Å². The predicted molar refractivity (Wildman–Crippen MR) is 73.1 cm³/mol. The number of amides is 1. The Hall–Kier alpha value is -0.740. The second kappa shape index (κ2) is 6.87. The van der Waals surface area contributed by atoms with Gasteiger partial charge in [0.15, 0.2) is 0 Å². The van der Waals surface area contributed by atoms with E-state index >= 15 is 0 Å². The highest BCUT2D eigenvalue weighted by atomic mass is 79.9. The van der Waals surface area contributed by atoms with E-state index in [0.29, 0.717) is 17.1 Å². The average molecular weight is 321 g/mol. The maximum Gasteiger partial charge on any atom is 0.252 e. The van der Waals surface area contributed by atoms with Crippen LogP contribution in [-0.4, -0.2) is 22.4 Å². The number of phenolic OH excluding ortho intramolecular Hbond substituents is 1. The molecule has 5 heteroatoms. The maximum absolute atomic E-state index is 11.8. The van der Waals surface area contributed by atoms with Gasteiger partial charge in [-0.15, -0.1) is 0 Å². The molecule has 1 rings (SSSR count). The van der Waals surface area contributed by atoms with Gasteiger partial charge in [-0.05, 0) is 24.6 Å². The molecule has 3 nitrogen and oxygen atoms in total. The summed E-state index contributed by atoms with van der Waals surface area (Å²) >= 11 is 9.36. The van der Waals surface area contributed by atoms with Gasteiger partial charge in [0.1, 0.15) is 5.75 Å². The Bertz CT molecular complexity index is 398. The molecule has 0 heterocycles. The van der Waals surface area contributed by atoms with Crippen LogP contribution in [0.4, 0.5) is 0 Å². The van der Waals surface area contributed by atoms with Crippen molar-refractivity contribution >= 4 is 33.4 Å². The van der Waals surface area contributed by atoms with Gasteiger partial charge in [-0.2, -0.15) is 0 Å². The summed E-state index contributed by atoms with van der Waals surface area (Å²) in [4.78, 5) is 12.1. The van der Waals surface area contributed by atoms with Gasteiger partial charge in [0.2, 0.25) is 0 Å². The van der Waals surface area contributed by atoms with E-state index in [0.717, 1.165) is 12.8 Å². The van der Waals surface area contributed by atoms with E-state index in [-0.39, 0.29) is 16.5 Å². The Kier molecular flexibility index (Phi) is 5.78. The molecule has 0 aliphatic carbocycles. The molecule has 1 amide bonds. The number of phenols is 1. The second-order valence-electron chi connectivity index (χ2n) is 3.76. The molecule has 0 spiro atoms. The molecule has 0 radical (unpaired) electrons. The number of alkyl halides is 1. The summed E-state index contributed by atoms with van der Waals surface area (Å²) in [5.41, 5.74) is 0.294. The number of nitrogens with one attached hydrogen (secondary N) is 1. The lowest BCUT2D eigenvalue weighted by atomic mass is 10.2. The molecule has 0 saturated carbocycles. The second-order valence-corrected chi connectivity index (χ2v) is 5.46. The van der Waals surface area contributed by atoms with Gasteiger partial charge in [0, 0.05) is 11.4 Å². The number of aromatic hydroxyl groups is 1. The summed E-state index contributed by atoms with van der Waals surface area (Å²) in [6.45, 7) is 2.63. The molecule has 0 aromatic heterocycles. The quantitative estimate of drug-likeness (QED) is 0.818. The third-order valence-corrected chi connectivity index (χ3v) is 3.39. The van der Waals surface area contributed by atoms with Gasteiger partial charge in [0.25, 0.3) is 5.91 Å². The zero-order valence-electron chi connectivity index (χ0n) is 9.54. The van der Waals surface area contributed by atoms with Gasteiger partial charge < -0.3 is 10.4 Å². The van der Waals surface area contributed by atoms with Crippen LogP contribution >= 0.6 is 27.5 Å². The molecule has 0 aliphatic rings. The molecule has 94 valence electrons. The fourth-order valence-corrected chi connectivity index (χ4v) is 2.22. The third-order valence-electron chi connectivity index (χ3n) is 2.28. The molecule has 1 unspecified atom stereocenters. The van der Waals surface area contributed by atoms with Crippen molar-refractivity contribution in [3.8, 4) is 5.75 Å². The van der Waals surface area contributed by atoms with E-state index in [2.05, 4.69) is 28.2 Å². The fraction of sp³-hybridized carbons (Fsp3) is 0.417. The van der Waals surface area contributed by atoms with Crippen molar-refractivity contribution in [3.63, 3.8) is 0 Å². The molecule has 0 aliphatic heterocycles. The lowest BCUT2D eigenvalue weighted by Gasteiger charge is -2.11. The van der Waals surface area contributed by atoms with Crippen molar-refractivity contribution < 1.29 is 9.90 Å². The molecule has 1 atom stereocenters. The number of carbonyl (C=O) groups excluding carboxylic acids is 1. The minimum Gasteiger partial charge on any atom is -0.508 e. The number of hydrogen-bond acceptors (Lipinski definition) is 2. The van der Waals surface area contributed by atoms with Crippen LogP contribution in [0.1, 0.15) is 30.1 Å². The van der Waals surface area contributed by atoms with Crippen LogP contribution in [0.25, 0.3) is 0 Å². The molecule has 1 aromatic rings. The zero-order chi connectivity index (χ0) is 12.8. The van der Waals surface area contributed by atoms with Gasteiger partial charge in [0.05, 0.1) is 10.6 Å². The van der Waals surface area contributed by atoms with E-state index in [4.69, 9.17) is 11.6 Å². The average Bonchev–Trinajstić information content (AvgIpc) is 2.29. The van der Waals surface area contributed by atoms with Crippen LogP contribution in [0.2, 0.25) is 5.02 Å². The number of halogens is 2. The van der Waals surface area contributed by atoms with Crippen LogP contribution < -0.4 is 5.32 Å². The highest BCUT2D eigenvalue weighted by molar-refractivity contribution is 9.09. The van der Waals surface area contributed by atoms with E-state index in [9.17, 15) is 9.90 Å². The highest BCUT2D eigenvalue weighted by Gasteiger charge is 2.12. The minimum atomic E-state index is -0.272. The van der Waals surface area contributed by atoms with Crippen molar-refractivity contribution in [2.75, 3.05) is 6.54 Å². The Balaban J connectivity index is 2.61. The third kappa shape index (κ3) is 4.56. The molecule has 17 heavy (non-hydrogen) atoms. The monoisotopic (exact) mass is 319 g/mol. The lowest BCUT2D eigenvalue weighted by molar-refractivity contribution is 0.0953. The van der Waals surface area contributed by atoms with Crippen LogP contribution in [-0.2, 0) is 0 Å². The SMILES string of the molecule is CCCC(Br)CNC(=O)c1cc(O)ccc1Cl. The Morgan fingerprint density at radius 3 is 2.94 bits per heavy atom. The number of hydrogen-bond donors (Lipinski definition) is 2. The highest BCUT2D eigenvalue weighted by Crippen LogP contribution is 2.21. The topological polar surface area (TPSA) is 49.3 Å². The van der Waals surface area contributed by atoms with Crippen molar-refractivity contribution in [2.24, 2.45) is 0 Å². The maximum atomic E-state index is 11.8. The van der Waals surface area contributed by atoms with Crippen LogP contribution in [0.15, 0.2) is 18.2 Å². The molecule has 1 aromatic carbocycles. The summed E-state index contributed by atoms with van der Waals surface area (Å²) in [7, 11) is 0. The molecular formula is C12H15BrClNO2. The van der Waals surface area contributed by atoms with Crippen molar-refractivity contribution in [1.82, 2.24) is 5.32 Å². The first-order valence-corrected chi connectivity index (χ1v) is 6.74. The largest absolute Gasteiger partial charge is 0.508 e. The Labute approximate surface area is 114 Å². The van der Waals surface area contributed by atoms with Crippen molar-refractivity contribution in [2.45, 2.75) is 24.6 Å². The summed E-state index contributed by atoms with van der Waals surface area (Å²) in [6.07, 6.45) is 2.05. The van der Waals surface area contributed by atoms with E-state index in [1.165, 1.54) is 18.2 Å². The first-order chi connectivity index (χ1) is 8.04. The molecule has 0 bridgehead atoms. The minimum absolute atomic E-state index is 0.0310. The predicted octanol–water partition coefficient (Wildman–Crippen LogP) is 3.34. The number of rotatable bonds is 5. The van der Waals surface area contributed by atoms with Crippen molar-refractivity contribution in [1.29, 1.82) is 0 Å². The smallest absolute Gasteiger partial charge is 0.252 e. The summed E-state index contributed by atoms with van der Waals surface area (Å²) in [5.74, 6) is -0.241. The van der Waals surface area contributed by atoms with E-state index in [1.807, 2.05) is 0 Å². The van der Waals surface area contributed by atoms with Gasteiger partial charge in [-0.25, -0.2) is 0 Å². The first kappa shape index (κ1) is 14.3. The van der Waals surface area contributed by atoms with Crippen LogP contribution in [0.3, 0.4) is 0 Å². The Morgan fingerprint density at radius 2 is 2.29 bits per heavy atom. The summed E-state index contributed by atoms with van der Waals surface area (Å²) in [6, 6.07) is 4.31. The first-order valence-electron chi connectivity index (χ1n) is 5.45. The molecule has 0 fully saturated rings. The van der Waals surface area contributed by atoms with E-state index in [1.54, 1.807) is 0 Å². The zero-order valence-corrected chi connectivity index (χ0v) is 11.9. The standard InChI is InChI=1S/C12H15BrClNO2/c1-2-3-8(13)7-15-12(17)10-6-9(16)4-5-11(10)14/h4-6,8,16H,2-3,7H2,1H3,(H,15,17). The summed E-state index contributed by atoms with van der Waals surface area (Å²) in [5, 5.41) is 12.4. The number of benzene rings is 1. The molecule has 2 N–H and O–H groups in total. The van der Waals surface area contributed by atoms with Gasteiger partial charge in [-0.1, -0.05) is 40.9 Å². The van der Waals surface area contributed by atoms with Crippen molar-refractivity contribution in [3.05, 3.63) is 28.8 Å². The lowest BCUT2D eigenvalue weighted by Crippen LogP contribution is -2.29. The van der Waals surface area contributed by atoms with Crippen LogP contribution in [0.5, 0.6) is 5.75 Å². The molecule has 0 saturated heterocycles. The van der Waals surface area contributed by atoms with Crippen LogP contribution in [0, 0.1) is 0 Å². The number of carbonyl (C=O) groups is 1. The van der Waals surface area contributed by atoms with Gasteiger partial charge >= 0.3 is 0 Å². The Morgan fingerprint density at radius 1 is 1.59 bits per heavy atom. The fourth-order valence-electron chi connectivity index (χ4n) is 1.40.